The van der Waals surface area contributed by atoms with Crippen molar-refractivity contribution >= 4 is 0 Å². The molecule has 0 radical (unpaired) electrons. The van der Waals surface area contributed by atoms with Crippen molar-refractivity contribution in [2.24, 2.45) is 11.7 Å². The van der Waals surface area contributed by atoms with E-state index in [1.54, 1.807) is 7.11 Å². The average molecular weight is 262 g/mol. The first-order valence-corrected chi connectivity index (χ1v) is 7.34. The van der Waals surface area contributed by atoms with Gasteiger partial charge in [-0.05, 0) is 43.0 Å². The highest BCUT2D eigenvalue weighted by atomic mass is 16.5. The lowest BCUT2D eigenvalue weighted by Gasteiger charge is -2.21. The van der Waals surface area contributed by atoms with Gasteiger partial charge in [0.25, 0.3) is 0 Å². The van der Waals surface area contributed by atoms with Gasteiger partial charge in [-0.1, -0.05) is 25.5 Å². The van der Waals surface area contributed by atoms with E-state index in [4.69, 9.17) is 10.5 Å². The standard InChI is InChI=1S/C16H26N2O/c1-3-4-13-9-10-18(11-13)12-16(17)14-5-7-15(19-2)8-6-14/h5-8,13,16H,3-4,9-12,17H2,1-2H3. The molecule has 106 valence electrons. The van der Waals surface area contributed by atoms with Gasteiger partial charge in [0, 0.05) is 19.1 Å². The summed E-state index contributed by atoms with van der Waals surface area (Å²) in [6.07, 6.45) is 3.99. The lowest BCUT2D eigenvalue weighted by molar-refractivity contribution is 0.300. The third-order valence-corrected chi connectivity index (χ3v) is 4.07. The molecule has 1 fully saturated rings. The second-order valence-electron chi connectivity index (χ2n) is 5.58. The quantitative estimate of drug-likeness (QED) is 0.856. The van der Waals surface area contributed by atoms with Crippen LogP contribution in [0.3, 0.4) is 0 Å². The van der Waals surface area contributed by atoms with E-state index in [-0.39, 0.29) is 6.04 Å². The highest BCUT2D eigenvalue weighted by Crippen LogP contribution is 2.23. The molecule has 1 aromatic rings. The van der Waals surface area contributed by atoms with Gasteiger partial charge in [0.05, 0.1) is 7.11 Å². The van der Waals surface area contributed by atoms with Crippen molar-refractivity contribution in [1.29, 1.82) is 0 Å². The fraction of sp³-hybridized carbons (Fsp3) is 0.625. The molecule has 1 saturated heterocycles. The second kappa shape index (κ2) is 6.92. The van der Waals surface area contributed by atoms with Crippen LogP contribution in [0.15, 0.2) is 24.3 Å². The molecule has 19 heavy (non-hydrogen) atoms. The van der Waals surface area contributed by atoms with Crippen LogP contribution in [0.25, 0.3) is 0 Å². The number of methoxy groups -OCH3 is 1. The predicted octanol–water partition coefficient (Wildman–Crippen LogP) is 2.82. The maximum Gasteiger partial charge on any atom is 0.118 e. The zero-order chi connectivity index (χ0) is 13.7. The molecular weight excluding hydrogens is 236 g/mol. The summed E-state index contributed by atoms with van der Waals surface area (Å²) < 4.78 is 5.17. The van der Waals surface area contributed by atoms with E-state index < -0.39 is 0 Å². The highest BCUT2D eigenvalue weighted by Gasteiger charge is 2.23. The molecule has 2 N–H and O–H groups in total. The summed E-state index contributed by atoms with van der Waals surface area (Å²) in [6.45, 7) is 5.66. The summed E-state index contributed by atoms with van der Waals surface area (Å²) in [5.74, 6) is 1.77. The Labute approximate surface area is 116 Å². The fourth-order valence-corrected chi connectivity index (χ4v) is 2.96. The van der Waals surface area contributed by atoms with Crippen molar-refractivity contribution in [2.45, 2.75) is 32.2 Å². The summed E-state index contributed by atoms with van der Waals surface area (Å²) in [6, 6.07) is 8.22. The number of hydrogen-bond acceptors (Lipinski definition) is 3. The molecule has 0 amide bonds. The van der Waals surface area contributed by atoms with Crippen LogP contribution in [0, 0.1) is 5.92 Å². The summed E-state index contributed by atoms with van der Waals surface area (Å²) in [4.78, 5) is 2.51. The van der Waals surface area contributed by atoms with Gasteiger partial charge in [-0.2, -0.15) is 0 Å². The van der Waals surface area contributed by atoms with Crippen LogP contribution in [0.4, 0.5) is 0 Å². The van der Waals surface area contributed by atoms with E-state index >= 15 is 0 Å². The molecule has 3 nitrogen and oxygen atoms in total. The van der Waals surface area contributed by atoms with Crippen molar-refractivity contribution < 1.29 is 4.74 Å². The molecule has 3 heteroatoms. The van der Waals surface area contributed by atoms with Crippen LogP contribution in [0.2, 0.25) is 0 Å². The van der Waals surface area contributed by atoms with Crippen LogP contribution in [-0.4, -0.2) is 31.6 Å². The second-order valence-corrected chi connectivity index (χ2v) is 5.58. The van der Waals surface area contributed by atoms with Crippen LogP contribution < -0.4 is 10.5 Å². The minimum atomic E-state index is 0.103. The highest BCUT2D eigenvalue weighted by molar-refractivity contribution is 5.29. The van der Waals surface area contributed by atoms with Crippen molar-refractivity contribution in [3.63, 3.8) is 0 Å². The van der Waals surface area contributed by atoms with Gasteiger partial charge in [-0.3, -0.25) is 0 Å². The van der Waals surface area contributed by atoms with Gasteiger partial charge >= 0.3 is 0 Å². The zero-order valence-electron chi connectivity index (χ0n) is 12.1. The third kappa shape index (κ3) is 3.95. The smallest absolute Gasteiger partial charge is 0.118 e. The first kappa shape index (κ1) is 14.4. The third-order valence-electron chi connectivity index (χ3n) is 4.07. The average Bonchev–Trinajstić information content (AvgIpc) is 2.86. The monoisotopic (exact) mass is 262 g/mol. The van der Waals surface area contributed by atoms with Gasteiger partial charge in [0.15, 0.2) is 0 Å². The fourth-order valence-electron chi connectivity index (χ4n) is 2.96. The van der Waals surface area contributed by atoms with Crippen LogP contribution in [0.5, 0.6) is 5.75 Å². The van der Waals surface area contributed by atoms with E-state index in [1.807, 2.05) is 12.1 Å². The predicted molar refractivity (Wildman–Crippen MR) is 79.4 cm³/mol. The summed E-state index contributed by atoms with van der Waals surface area (Å²) in [7, 11) is 1.69. The van der Waals surface area contributed by atoms with E-state index in [0.29, 0.717) is 0 Å². The van der Waals surface area contributed by atoms with Crippen molar-refractivity contribution in [2.75, 3.05) is 26.7 Å². The van der Waals surface area contributed by atoms with E-state index in [1.165, 1.54) is 37.9 Å². The normalized spacial score (nSPS) is 21.5. The first-order valence-electron chi connectivity index (χ1n) is 7.34. The molecule has 0 spiro atoms. The van der Waals surface area contributed by atoms with E-state index in [9.17, 15) is 0 Å². The Balaban J connectivity index is 1.85. The Kier molecular flexibility index (Phi) is 5.23. The number of ether oxygens (including phenoxy) is 1. The molecule has 2 atom stereocenters. The molecule has 1 heterocycles. The van der Waals surface area contributed by atoms with Crippen molar-refractivity contribution in [3.05, 3.63) is 29.8 Å². The van der Waals surface area contributed by atoms with Gasteiger partial charge < -0.3 is 15.4 Å². The van der Waals surface area contributed by atoms with Gasteiger partial charge in [0.2, 0.25) is 0 Å². The molecule has 1 aliphatic heterocycles. The SMILES string of the molecule is CCCC1CCN(CC(N)c2ccc(OC)cc2)C1. The maximum atomic E-state index is 6.30. The molecule has 0 aromatic heterocycles. The summed E-state index contributed by atoms with van der Waals surface area (Å²) in [5, 5.41) is 0. The van der Waals surface area contributed by atoms with Gasteiger partial charge in [-0.25, -0.2) is 0 Å². The Morgan fingerprint density at radius 1 is 1.37 bits per heavy atom. The van der Waals surface area contributed by atoms with Crippen molar-refractivity contribution in [1.82, 2.24) is 4.90 Å². The Morgan fingerprint density at radius 3 is 2.74 bits per heavy atom. The molecule has 0 bridgehead atoms. The number of nitrogens with two attached hydrogens (primary N) is 1. The number of rotatable bonds is 6. The first-order chi connectivity index (χ1) is 9.22. The van der Waals surface area contributed by atoms with Gasteiger partial charge in [-0.15, -0.1) is 0 Å². The summed E-state index contributed by atoms with van der Waals surface area (Å²) in [5.41, 5.74) is 7.50. The number of nitrogens with zero attached hydrogens (tertiary/aromatic N) is 1. The molecular formula is C16H26N2O. The van der Waals surface area contributed by atoms with Crippen LogP contribution in [0.1, 0.15) is 37.8 Å². The lowest BCUT2D eigenvalue weighted by atomic mass is 10.0. The number of benzene rings is 1. The zero-order valence-corrected chi connectivity index (χ0v) is 12.1. The van der Waals surface area contributed by atoms with Gasteiger partial charge in [0.1, 0.15) is 5.75 Å². The summed E-state index contributed by atoms with van der Waals surface area (Å²) >= 11 is 0. The lowest BCUT2D eigenvalue weighted by Crippen LogP contribution is -2.30. The van der Waals surface area contributed by atoms with E-state index in [2.05, 4.69) is 24.0 Å². The molecule has 2 rings (SSSR count). The molecule has 0 aliphatic carbocycles. The minimum Gasteiger partial charge on any atom is -0.497 e. The molecule has 1 aromatic carbocycles. The maximum absolute atomic E-state index is 6.30. The topological polar surface area (TPSA) is 38.5 Å². The Hall–Kier alpha value is -1.06. The Bertz CT molecular complexity index is 377. The van der Waals surface area contributed by atoms with Crippen LogP contribution >= 0.6 is 0 Å². The minimum absolute atomic E-state index is 0.103. The van der Waals surface area contributed by atoms with E-state index in [0.717, 1.165) is 18.2 Å². The number of likely N-dealkylation sites (tertiary alicyclic amines) is 1. The molecule has 2 unspecified atom stereocenters. The number of hydrogen-bond donors (Lipinski definition) is 1. The molecule has 0 saturated carbocycles. The van der Waals surface area contributed by atoms with Crippen LogP contribution in [-0.2, 0) is 0 Å². The Morgan fingerprint density at radius 2 is 2.11 bits per heavy atom. The van der Waals surface area contributed by atoms with Crippen molar-refractivity contribution in [3.8, 4) is 5.75 Å². The largest absolute Gasteiger partial charge is 0.497 e. The molecule has 1 aliphatic rings.